The molecule has 20 heavy (non-hydrogen) atoms. The molecule has 0 amide bonds. The molecule has 4 nitrogen and oxygen atoms in total. The Morgan fingerprint density at radius 3 is 2.95 bits per heavy atom. The van der Waals surface area contributed by atoms with E-state index in [0.29, 0.717) is 5.02 Å². The summed E-state index contributed by atoms with van der Waals surface area (Å²) in [6, 6.07) is 8.66. The number of aromatic hydroxyl groups is 1. The van der Waals surface area contributed by atoms with Crippen LogP contribution in [0.15, 0.2) is 35.1 Å². The molecule has 104 valence electrons. The number of aromatic nitrogens is 1. The summed E-state index contributed by atoms with van der Waals surface area (Å²) in [5, 5.41) is 13.2. The van der Waals surface area contributed by atoms with Crippen LogP contribution in [0, 0.1) is 0 Å². The molecule has 1 aliphatic carbocycles. The largest absolute Gasteiger partial charge is 0.506 e. The van der Waals surface area contributed by atoms with Crippen LogP contribution in [0.4, 0.5) is 5.69 Å². The van der Waals surface area contributed by atoms with Crippen LogP contribution in [0.5, 0.6) is 5.75 Å². The molecule has 5 heteroatoms. The van der Waals surface area contributed by atoms with Gasteiger partial charge in [-0.3, -0.25) is 4.79 Å². The van der Waals surface area contributed by atoms with Crippen molar-refractivity contribution in [2.75, 3.05) is 5.32 Å². The Bertz CT molecular complexity index is 697. The lowest BCUT2D eigenvalue weighted by Gasteiger charge is -2.26. The van der Waals surface area contributed by atoms with Crippen molar-refractivity contribution >= 4 is 17.3 Å². The number of phenols is 1. The molecule has 0 saturated heterocycles. The maximum Gasteiger partial charge on any atom is 0.248 e. The average molecular weight is 291 g/mol. The molecule has 2 aromatic rings. The Morgan fingerprint density at radius 2 is 2.15 bits per heavy atom. The van der Waals surface area contributed by atoms with Gasteiger partial charge in [-0.05, 0) is 49.1 Å². The lowest BCUT2D eigenvalue weighted by atomic mass is 9.91. The smallest absolute Gasteiger partial charge is 0.248 e. The van der Waals surface area contributed by atoms with Crippen LogP contribution in [0.3, 0.4) is 0 Å². The number of anilines is 1. The van der Waals surface area contributed by atoms with Crippen LogP contribution >= 0.6 is 11.6 Å². The highest BCUT2D eigenvalue weighted by molar-refractivity contribution is 6.32. The predicted molar refractivity (Wildman–Crippen MR) is 79.5 cm³/mol. The number of aromatic amines is 1. The first-order valence-electron chi connectivity index (χ1n) is 6.60. The molecule has 1 aromatic heterocycles. The van der Waals surface area contributed by atoms with Gasteiger partial charge in [0.25, 0.3) is 0 Å². The molecule has 1 heterocycles. The van der Waals surface area contributed by atoms with Crippen molar-refractivity contribution in [1.82, 2.24) is 4.98 Å². The van der Waals surface area contributed by atoms with Crippen molar-refractivity contribution in [3.63, 3.8) is 0 Å². The molecule has 3 N–H and O–H groups in total. The van der Waals surface area contributed by atoms with Crippen molar-refractivity contribution in [3.05, 3.63) is 57.0 Å². The third-order valence-corrected chi connectivity index (χ3v) is 3.92. The number of fused-ring (bicyclic) bond motifs is 1. The first-order valence-corrected chi connectivity index (χ1v) is 6.98. The highest BCUT2D eigenvalue weighted by Gasteiger charge is 2.20. The maximum absolute atomic E-state index is 11.4. The summed E-state index contributed by atoms with van der Waals surface area (Å²) in [6.45, 7) is 0. The number of hydrogen-bond donors (Lipinski definition) is 3. The number of halogens is 1. The lowest BCUT2D eigenvalue weighted by Crippen LogP contribution is -2.21. The van der Waals surface area contributed by atoms with Gasteiger partial charge in [-0.1, -0.05) is 11.6 Å². The van der Waals surface area contributed by atoms with E-state index in [-0.39, 0.29) is 17.4 Å². The Labute approximate surface area is 121 Å². The quantitative estimate of drug-likeness (QED) is 0.744. The van der Waals surface area contributed by atoms with E-state index >= 15 is 0 Å². The normalized spacial score (nSPS) is 17.6. The van der Waals surface area contributed by atoms with Crippen molar-refractivity contribution in [1.29, 1.82) is 0 Å². The van der Waals surface area contributed by atoms with E-state index in [4.69, 9.17) is 11.6 Å². The third-order valence-electron chi connectivity index (χ3n) is 3.62. The fourth-order valence-corrected chi connectivity index (χ4v) is 2.83. The highest BCUT2D eigenvalue weighted by Crippen LogP contribution is 2.33. The summed E-state index contributed by atoms with van der Waals surface area (Å²) in [4.78, 5) is 14.3. The van der Waals surface area contributed by atoms with Crippen molar-refractivity contribution in [3.8, 4) is 5.75 Å². The van der Waals surface area contributed by atoms with Gasteiger partial charge >= 0.3 is 0 Å². The number of aryl methyl sites for hydroxylation is 1. The van der Waals surface area contributed by atoms with Gasteiger partial charge in [0.2, 0.25) is 5.56 Å². The van der Waals surface area contributed by atoms with Crippen LogP contribution in [-0.4, -0.2) is 10.1 Å². The minimum absolute atomic E-state index is 0.0583. The van der Waals surface area contributed by atoms with Gasteiger partial charge in [-0.2, -0.15) is 0 Å². The molecule has 0 spiro atoms. The van der Waals surface area contributed by atoms with Crippen LogP contribution in [-0.2, 0) is 6.42 Å². The Balaban J connectivity index is 1.89. The fourth-order valence-electron chi connectivity index (χ4n) is 2.65. The summed E-state index contributed by atoms with van der Waals surface area (Å²) < 4.78 is 0. The van der Waals surface area contributed by atoms with Gasteiger partial charge in [-0.15, -0.1) is 0 Å². The number of pyridine rings is 1. The molecule has 1 aromatic carbocycles. The predicted octanol–water partition coefficient (Wildman–Crippen LogP) is 3.22. The number of phenolic OH excluding ortho intramolecular Hbond substituents is 1. The SMILES string of the molecule is O=c1ccc2c([nH]1)CCCC2Nc1ccc(O)c(Cl)c1. The highest BCUT2D eigenvalue weighted by atomic mass is 35.5. The minimum atomic E-state index is -0.0583. The first kappa shape index (κ1) is 13.1. The van der Waals surface area contributed by atoms with Gasteiger partial charge in [0.05, 0.1) is 11.1 Å². The zero-order chi connectivity index (χ0) is 14.1. The second kappa shape index (κ2) is 5.21. The van der Waals surface area contributed by atoms with Gasteiger partial charge < -0.3 is 15.4 Å². The molecule has 0 radical (unpaired) electrons. The van der Waals surface area contributed by atoms with Crippen LogP contribution in [0.25, 0.3) is 0 Å². The summed E-state index contributed by atoms with van der Waals surface area (Å²) >= 11 is 5.92. The number of nitrogens with one attached hydrogen (secondary N) is 2. The van der Waals surface area contributed by atoms with Crippen molar-refractivity contribution in [2.24, 2.45) is 0 Å². The molecule has 3 rings (SSSR count). The molecule has 1 aliphatic rings. The van der Waals surface area contributed by atoms with Gasteiger partial charge in [-0.25, -0.2) is 0 Å². The maximum atomic E-state index is 11.4. The van der Waals surface area contributed by atoms with E-state index in [1.807, 2.05) is 6.07 Å². The van der Waals surface area contributed by atoms with E-state index in [1.54, 1.807) is 24.3 Å². The molecule has 1 atom stereocenters. The van der Waals surface area contributed by atoms with Gasteiger partial charge in [0.15, 0.2) is 0 Å². The first-order chi connectivity index (χ1) is 9.63. The number of rotatable bonds is 2. The molecule has 0 bridgehead atoms. The second-order valence-corrected chi connectivity index (χ2v) is 5.42. The van der Waals surface area contributed by atoms with Crippen LogP contribution in [0.2, 0.25) is 5.02 Å². The fraction of sp³-hybridized carbons (Fsp3) is 0.267. The molecule has 0 fully saturated rings. The van der Waals surface area contributed by atoms with E-state index in [1.165, 1.54) is 0 Å². The monoisotopic (exact) mass is 290 g/mol. The van der Waals surface area contributed by atoms with Gasteiger partial charge in [0, 0.05) is 17.4 Å². The van der Waals surface area contributed by atoms with E-state index < -0.39 is 0 Å². The zero-order valence-corrected chi connectivity index (χ0v) is 11.6. The van der Waals surface area contributed by atoms with E-state index in [2.05, 4.69) is 10.3 Å². The molecule has 1 unspecified atom stereocenters. The number of H-pyrrole nitrogens is 1. The van der Waals surface area contributed by atoms with Crippen molar-refractivity contribution in [2.45, 2.75) is 25.3 Å². The Hall–Kier alpha value is -1.94. The molecular formula is C15H15ClN2O2. The summed E-state index contributed by atoms with van der Waals surface area (Å²) in [6.07, 6.45) is 2.92. The Morgan fingerprint density at radius 1 is 1.30 bits per heavy atom. The summed E-state index contributed by atoms with van der Waals surface area (Å²) in [5.41, 5.74) is 2.93. The van der Waals surface area contributed by atoms with E-state index in [0.717, 1.165) is 36.2 Å². The third kappa shape index (κ3) is 2.51. The van der Waals surface area contributed by atoms with Gasteiger partial charge in [0.1, 0.15) is 5.75 Å². The summed E-state index contributed by atoms with van der Waals surface area (Å²) in [5.74, 6) is 0.0746. The second-order valence-electron chi connectivity index (χ2n) is 5.01. The molecular weight excluding hydrogens is 276 g/mol. The van der Waals surface area contributed by atoms with Crippen LogP contribution < -0.4 is 10.9 Å². The lowest BCUT2D eigenvalue weighted by molar-refractivity contribution is 0.475. The number of benzene rings is 1. The molecule has 0 saturated carbocycles. The minimum Gasteiger partial charge on any atom is -0.506 e. The number of hydrogen-bond acceptors (Lipinski definition) is 3. The zero-order valence-electron chi connectivity index (χ0n) is 10.8. The standard InChI is InChI=1S/C15H15ClN2O2/c16-11-8-9(4-6-14(11)19)17-12-2-1-3-13-10(12)5-7-15(20)18-13/h4-8,12,17,19H,1-3H2,(H,18,20). The average Bonchev–Trinajstić information content (AvgIpc) is 2.43. The van der Waals surface area contributed by atoms with Crippen LogP contribution in [0.1, 0.15) is 30.1 Å². The molecule has 0 aliphatic heterocycles. The van der Waals surface area contributed by atoms with Crippen molar-refractivity contribution < 1.29 is 5.11 Å². The summed E-state index contributed by atoms with van der Waals surface area (Å²) in [7, 11) is 0. The van der Waals surface area contributed by atoms with E-state index in [9.17, 15) is 9.90 Å². The topological polar surface area (TPSA) is 65.1 Å². The Kier molecular flexibility index (Phi) is 3.40.